The van der Waals surface area contributed by atoms with Gasteiger partial charge in [0, 0.05) is 0 Å². The van der Waals surface area contributed by atoms with Gasteiger partial charge in [0.25, 0.3) is 0 Å². The van der Waals surface area contributed by atoms with Crippen LogP contribution in [0.25, 0.3) is 0 Å². The topological polar surface area (TPSA) is 20.2 Å². The molecule has 1 fully saturated rings. The molecule has 0 bridgehead atoms. The highest BCUT2D eigenvalue weighted by atomic mass is 16.3. The molecule has 0 amide bonds. The Hall–Kier alpha value is -0.0400. The van der Waals surface area contributed by atoms with Crippen LogP contribution in [-0.4, -0.2) is 11.2 Å². The smallest absolute Gasteiger partial charge is 0.0543 e. The van der Waals surface area contributed by atoms with Crippen molar-refractivity contribution in [1.82, 2.24) is 0 Å². The third-order valence-electron chi connectivity index (χ3n) is 2.91. The second kappa shape index (κ2) is 4.86. The molecule has 1 aliphatic rings. The predicted molar refractivity (Wildman–Crippen MR) is 52.0 cm³/mol. The maximum Gasteiger partial charge on any atom is 0.0543 e. The molecule has 1 aliphatic carbocycles. The third-order valence-corrected chi connectivity index (χ3v) is 2.91. The van der Waals surface area contributed by atoms with E-state index in [1.54, 1.807) is 0 Å². The molecule has 1 rings (SSSR count). The van der Waals surface area contributed by atoms with Gasteiger partial charge in [-0.3, -0.25) is 0 Å². The molecule has 0 aromatic rings. The van der Waals surface area contributed by atoms with Crippen molar-refractivity contribution in [2.75, 3.05) is 0 Å². The van der Waals surface area contributed by atoms with Crippen molar-refractivity contribution >= 4 is 0 Å². The van der Waals surface area contributed by atoms with Crippen LogP contribution in [0.2, 0.25) is 0 Å². The molecular weight excluding hydrogens is 148 g/mol. The van der Waals surface area contributed by atoms with Crippen molar-refractivity contribution in [1.29, 1.82) is 0 Å². The van der Waals surface area contributed by atoms with Crippen molar-refractivity contribution in [3.63, 3.8) is 0 Å². The molecule has 1 N–H and O–H groups in total. The zero-order chi connectivity index (χ0) is 8.97. The van der Waals surface area contributed by atoms with Gasteiger partial charge in [0.1, 0.15) is 0 Å². The first-order chi connectivity index (χ1) is 5.68. The van der Waals surface area contributed by atoms with Gasteiger partial charge >= 0.3 is 0 Å². The van der Waals surface area contributed by atoms with Crippen molar-refractivity contribution < 1.29 is 5.11 Å². The SMILES string of the molecule is CC(C)CCCC1CCC(O)C1. The molecule has 2 unspecified atom stereocenters. The van der Waals surface area contributed by atoms with Crippen LogP contribution in [0, 0.1) is 11.8 Å². The second-order valence-electron chi connectivity index (χ2n) is 4.66. The van der Waals surface area contributed by atoms with Crippen LogP contribution in [0.15, 0.2) is 0 Å². The van der Waals surface area contributed by atoms with E-state index in [1.807, 2.05) is 0 Å². The summed E-state index contributed by atoms with van der Waals surface area (Å²) in [4.78, 5) is 0. The van der Waals surface area contributed by atoms with E-state index in [2.05, 4.69) is 13.8 Å². The maximum atomic E-state index is 9.31. The Morgan fingerprint density at radius 2 is 2.08 bits per heavy atom. The van der Waals surface area contributed by atoms with E-state index < -0.39 is 0 Å². The van der Waals surface area contributed by atoms with Crippen LogP contribution in [-0.2, 0) is 0 Å². The van der Waals surface area contributed by atoms with E-state index in [4.69, 9.17) is 0 Å². The monoisotopic (exact) mass is 170 g/mol. The molecule has 12 heavy (non-hydrogen) atoms. The Morgan fingerprint density at radius 3 is 2.58 bits per heavy atom. The Balaban J connectivity index is 2.00. The summed E-state index contributed by atoms with van der Waals surface area (Å²) < 4.78 is 0. The minimum atomic E-state index is 0.0223. The molecule has 1 heteroatoms. The van der Waals surface area contributed by atoms with Crippen LogP contribution < -0.4 is 0 Å². The first-order valence-electron chi connectivity index (χ1n) is 5.36. The summed E-state index contributed by atoms with van der Waals surface area (Å²) in [5.41, 5.74) is 0. The largest absolute Gasteiger partial charge is 0.393 e. The number of aliphatic hydroxyl groups is 1. The molecule has 1 saturated carbocycles. The van der Waals surface area contributed by atoms with E-state index in [9.17, 15) is 5.11 Å². The van der Waals surface area contributed by atoms with Crippen LogP contribution in [0.1, 0.15) is 52.4 Å². The minimum absolute atomic E-state index is 0.0223. The molecule has 0 aromatic heterocycles. The Kier molecular flexibility index (Phi) is 4.07. The fourth-order valence-corrected chi connectivity index (χ4v) is 2.13. The highest BCUT2D eigenvalue weighted by Crippen LogP contribution is 2.29. The average molecular weight is 170 g/mol. The lowest BCUT2D eigenvalue weighted by molar-refractivity contribution is 0.176. The van der Waals surface area contributed by atoms with Gasteiger partial charge in [-0.25, -0.2) is 0 Å². The summed E-state index contributed by atoms with van der Waals surface area (Å²) in [5, 5.41) is 9.31. The lowest BCUT2D eigenvalue weighted by Gasteiger charge is -2.09. The maximum absolute atomic E-state index is 9.31. The van der Waals surface area contributed by atoms with Gasteiger partial charge in [-0.05, 0) is 31.1 Å². The van der Waals surface area contributed by atoms with Gasteiger partial charge in [-0.15, -0.1) is 0 Å². The van der Waals surface area contributed by atoms with Gasteiger partial charge in [0.05, 0.1) is 6.10 Å². The fourth-order valence-electron chi connectivity index (χ4n) is 2.13. The number of hydrogen-bond donors (Lipinski definition) is 1. The third kappa shape index (κ3) is 3.57. The molecule has 72 valence electrons. The average Bonchev–Trinajstić information content (AvgIpc) is 2.35. The second-order valence-corrected chi connectivity index (χ2v) is 4.66. The van der Waals surface area contributed by atoms with Crippen LogP contribution in [0.5, 0.6) is 0 Å². The molecule has 2 atom stereocenters. The molecule has 0 aromatic carbocycles. The van der Waals surface area contributed by atoms with Gasteiger partial charge in [-0.2, -0.15) is 0 Å². The number of aliphatic hydroxyl groups excluding tert-OH is 1. The van der Waals surface area contributed by atoms with E-state index in [1.165, 1.54) is 25.7 Å². The van der Waals surface area contributed by atoms with Gasteiger partial charge in [-0.1, -0.05) is 33.1 Å². The minimum Gasteiger partial charge on any atom is -0.393 e. The molecule has 0 saturated heterocycles. The lowest BCUT2D eigenvalue weighted by Crippen LogP contribution is -2.00. The van der Waals surface area contributed by atoms with Gasteiger partial charge in [0.15, 0.2) is 0 Å². The predicted octanol–water partition coefficient (Wildman–Crippen LogP) is 2.97. The van der Waals surface area contributed by atoms with E-state index in [0.29, 0.717) is 0 Å². The highest BCUT2D eigenvalue weighted by Gasteiger charge is 2.21. The highest BCUT2D eigenvalue weighted by molar-refractivity contribution is 4.74. The summed E-state index contributed by atoms with van der Waals surface area (Å²) in [7, 11) is 0. The summed E-state index contributed by atoms with van der Waals surface area (Å²) in [6, 6.07) is 0. The Labute approximate surface area is 76.2 Å². The van der Waals surface area contributed by atoms with Crippen LogP contribution >= 0.6 is 0 Å². The van der Waals surface area contributed by atoms with Crippen molar-refractivity contribution in [2.45, 2.75) is 58.5 Å². The molecule has 0 radical (unpaired) electrons. The summed E-state index contributed by atoms with van der Waals surface area (Å²) in [6.45, 7) is 4.56. The van der Waals surface area contributed by atoms with E-state index >= 15 is 0 Å². The van der Waals surface area contributed by atoms with Gasteiger partial charge < -0.3 is 5.11 Å². The lowest BCUT2D eigenvalue weighted by atomic mass is 9.97. The Bertz CT molecular complexity index is 120. The van der Waals surface area contributed by atoms with Crippen molar-refractivity contribution in [3.8, 4) is 0 Å². The standard InChI is InChI=1S/C11H22O/c1-9(2)4-3-5-10-6-7-11(12)8-10/h9-12H,3-8H2,1-2H3. The zero-order valence-electron chi connectivity index (χ0n) is 8.42. The molecule has 0 aliphatic heterocycles. The summed E-state index contributed by atoms with van der Waals surface area (Å²) in [6.07, 6.45) is 7.45. The molecule has 1 nitrogen and oxygen atoms in total. The van der Waals surface area contributed by atoms with Crippen molar-refractivity contribution in [2.24, 2.45) is 11.8 Å². The quantitative estimate of drug-likeness (QED) is 0.687. The molecule has 0 heterocycles. The summed E-state index contributed by atoms with van der Waals surface area (Å²) in [5.74, 6) is 1.68. The van der Waals surface area contributed by atoms with E-state index in [-0.39, 0.29) is 6.10 Å². The van der Waals surface area contributed by atoms with Crippen LogP contribution in [0.3, 0.4) is 0 Å². The zero-order valence-corrected chi connectivity index (χ0v) is 8.42. The van der Waals surface area contributed by atoms with E-state index in [0.717, 1.165) is 24.7 Å². The Morgan fingerprint density at radius 1 is 1.33 bits per heavy atom. The first kappa shape index (κ1) is 10.0. The number of hydrogen-bond acceptors (Lipinski definition) is 1. The molecule has 0 spiro atoms. The normalized spacial score (nSPS) is 30.0. The molecular formula is C11H22O. The van der Waals surface area contributed by atoms with Crippen LogP contribution in [0.4, 0.5) is 0 Å². The first-order valence-corrected chi connectivity index (χ1v) is 5.36. The van der Waals surface area contributed by atoms with Crippen molar-refractivity contribution in [3.05, 3.63) is 0 Å². The summed E-state index contributed by atoms with van der Waals surface area (Å²) >= 11 is 0. The fraction of sp³-hybridized carbons (Fsp3) is 1.00. The number of rotatable bonds is 4. The van der Waals surface area contributed by atoms with Gasteiger partial charge in [0.2, 0.25) is 0 Å².